The summed E-state index contributed by atoms with van der Waals surface area (Å²) < 4.78 is 0. The molecule has 26 heavy (non-hydrogen) atoms. The number of carbonyl (C=O) groups is 2. The van der Waals surface area contributed by atoms with Crippen molar-refractivity contribution in [2.24, 2.45) is 0 Å². The maximum Gasteiger partial charge on any atom is 0.317 e. The highest BCUT2D eigenvalue weighted by atomic mass is 16.2. The Morgan fingerprint density at radius 2 is 1.69 bits per heavy atom. The van der Waals surface area contributed by atoms with Gasteiger partial charge in [-0.2, -0.15) is 0 Å². The zero-order chi connectivity index (χ0) is 19.3. The largest absolute Gasteiger partial charge is 0.348 e. The van der Waals surface area contributed by atoms with Gasteiger partial charge in [0.05, 0.1) is 12.2 Å². The molecule has 8 heteroatoms. The van der Waals surface area contributed by atoms with Crippen LogP contribution in [-0.2, 0) is 13.1 Å². The van der Waals surface area contributed by atoms with Gasteiger partial charge >= 0.3 is 6.03 Å². The van der Waals surface area contributed by atoms with Crippen LogP contribution in [0.15, 0.2) is 18.3 Å². The molecule has 0 saturated heterocycles. The van der Waals surface area contributed by atoms with Crippen molar-refractivity contribution in [3.05, 3.63) is 52.4 Å². The summed E-state index contributed by atoms with van der Waals surface area (Å²) in [6.45, 7) is 6.26. The van der Waals surface area contributed by atoms with E-state index in [0.717, 1.165) is 17.0 Å². The number of amides is 3. The van der Waals surface area contributed by atoms with E-state index in [9.17, 15) is 9.59 Å². The summed E-state index contributed by atoms with van der Waals surface area (Å²) in [7, 11) is 3.32. The molecule has 0 saturated carbocycles. The van der Waals surface area contributed by atoms with Crippen molar-refractivity contribution in [2.45, 2.75) is 33.9 Å². The normalized spacial score (nSPS) is 10.3. The van der Waals surface area contributed by atoms with Crippen LogP contribution in [0.25, 0.3) is 0 Å². The predicted octanol–water partition coefficient (Wildman–Crippen LogP) is 1.50. The van der Waals surface area contributed by atoms with E-state index in [0.29, 0.717) is 23.6 Å². The van der Waals surface area contributed by atoms with Crippen LogP contribution in [-0.4, -0.2) is 45.9 Å². The topological polar surface area (TPSA) is 100 Å². The van der Waals surface area contributed by atoms with E-state index in [1.807, 2.05) is 20.8 Å². The van der Waals surface area contributed by atoms with Gasteiger partial charge in [-0.1, -0.05) is 0 Å². The van der Waals surface area contributed by atoms with Crippen LogP contribution >= 0.6 is 0 Å². The van der Waals surface area contributed by atoms with Crippen LogP contribution in [0.3, 0.4) is 0 Å². The summed E-state index contributed by atoms with van der Waals surface area (Å²) in [6.07, 6.45) is 1.55. The lowest BCUT2D eigenvalue weighted by Gasteiger charge is -2.12. The van der Waals surface area contributed by atoms with Gasteiger partial charge < -0.3 is 15.5 Å². The number of carbonyl (C=O) groups excluding carboxylic acids is 2. The molecule has 0 bridgehead atoms. The summed E-state index contributed by atoms with van der Waals surface area (Å²) in [5.41, 5.74) is 3.72. The Bertz CT molecular complexity index is 796. The van der Waals surface area contributed by atoms with Crippen molar-refractivity contribution in [1.82, 2.24) is 30.5 Å². The molecule has 0 spiro atoms. The van der Waals surface area contributed by atoms with Crippen molar-refractivity contribution in [2.75, 3.05) is 14.1 Å². The molecule has 2 aromatic heterocycles. The minimum atomic E-state index is -0.216. The first kappa shape index (κ1) is 19.3. The number of aryl methyl sites for hydroxylation is 3. The van der Waals surface area contributed by atoms with Crippen molar-refractivity contribution in [1.29, 1.82) is 0 Å². The SMILES string of the molecule is Cc1nc(C)c(CNC(=O)c2ccnc(CNC(=O)N(C)C)c2)c(C)n1. The van der Waals surface area contributed by atoms with E-state index in [2.05, 4.69) is 25.6 Å². The van der Waals surface area contributed by atoms with Gasteiger partial charge in [-0.05, 0) is 32.9 Å². The number of aromatic nitrogens is 3. The van der Waals surface area contributed by atoms with E-state index in [1.54, 1.807) is 32.4 Å². The van der Waals surface area contributed by atoms with Crippen molar-refractivity contribution < 1.29 is 9.59 Å². The fourth-order valence-corrected chi connectivity index (χ4v) is 2.47. The highest BCUT2D eigenvalue weighted by Crippen LogP contribution is 2.10. The molecule has 2 heterocycles. The lowest BCUT2D eigenvalue weighted by atomic mass is 10.1. The molecule has 2 rings (SSSR count). The predicted molar refractivity (Wildman–Crippen MR) is 97.6 cm³/mol. The summed E-state index contributed by atoms with van der Waals surface area (Å²) in [5.74, 6) is 0.501. The average Bonchev–Trinajstić information content (AvgIpc) is 2.58. The number of nitrogens with one attached hydrogen (secondary N) is 2. The Labute approximate surface area is 153 Å². The molecule has 0 radical (unpaired) electrons. The number of urea groups is 1. The maximum atomic E-state index is 12.4. The number of hydrogen-bond acceptors (Lipinski definition) is 5. The molecule has 0 aliphatic heterocycles. The minimum absolute atomic E-state index is 0.216. The van der Waals surface area contributed by atoms with Gasteiger partial charge in [-0.15, -0.1) is 0 Å². The Balaban J connectivity index is 2.02. The summed E-state index contributed by atoms with van der Waals surface area (Å²) in [6, 6.07) is 3.08. The zero-order valence-corrected chi connectivity index (χ0v) is 15.8. The van der Waals surface area contributed by atoms with Crippen LogP contribution in [0.4, 0.5) is 4.79 Å². The van der Waals surface area contributed by atoms with Crippen LogP contribution in [0.5, 0.6) is 0 Å². The molecule has 2 N–H and O–H groups in total. The van der Waals surface area contributed by atoms with E-state index in [1.165, 1.54) is 4.90 Å². The quantitative estimate of drug-likeness (QED) is 0.846. The number of rotatable bonds is 5. The second-order valence-corrected chi connectivity index (χ2v) is 6.19. The third kappa shape index (κ3) is 4.98. The molecule has 0 atom stereocenters. The standard InChI is InChI=1S/C18H24N6O2/c1-11-16(12(2)23-13(3)22-11)10-20-17(25)14-6-7-19-15(8-14)9-21-18(26)24(4)5/h6-8H,9-10H2,1-5H3,(H,20,25)(H,21,26). The average molecular weight is 356 g/mol. The van der Waals surface area contributed by atoms with E-state index < -0.39 is 0 Å². The lowest BCUT2D eigenvalue weighted by Crippen LogP contribution is -2.34. The zero-order valence-electron chi connectivity index (χ0n) is 15.8. The Morgan fingerprint density at radius 3 is 2.31 bits per heavy atom. The molecular weight excluding hydrogens is 332 g/mol. The van der Waals surface area contributed by atoms with Gasteiger partial charge in [0.2, 0.25) is 0 Å². The molecule has 0 fully saturated rings. The van der Waals surface area contributed by atoms with Crippen LogP contribution in [0.1, 0.15) is 38.8 Å². The van der Waals surface area contributed by atoms with Gasteiger partial charge in [-0.3, -0.25) is 9.78 Å². The van der Waals surface area contributed by atoms with Crippen LogP contribution in [0.2, 0.25) is 0 Å². The smallest absolute Gasteiger partial charge is 0.317 e. The van der Waals surface area contributed by atoms with E-state index in [4.69, 9.17) is 0 Å². The van der Waals surface area contributed by atoms with Gasteiger partial charge in [0.25, 0.3) is 5.91 Å². The summed E-state index contributed by atoms with van der Waals surface area (Å²) in [5, 5.41) is 5.60. The van der Waals surface area contributed by atoms with E-state index in [-0.39, 0.29) is 18.5 Å². The first-order valence-electron chi connectivity index (χ1n) is 8.27. The molecule has 2 aromatic rings. The minimum Gasteiger partial charge on any atom is -0.348 e. The van der Waals surface area contributed by atoms with Crippen LogP contribution < -0.4 is 10.6 Å². The first-order valence-corrected chi connectivity index (χ1v) is 8.27. The fraction of sp³-hybridized carbons (Fsp3) is 0.389. The van der Waals surface area contributed by atoms with Crippen molar-refractivity contribution in [3.63, 3.8) is 0 Å². The lowest BCUT2D eigenvalue weighted by molar-refractivity contribution is 0.0950. The third-order valence-electron chi connectivity index (χ3n) is 3.86. The Kier molecular flexibility index (Phi) is 6.21. The molecule has 0 aliphatic carbocycles. The third-order valence-corrected chi connectivity index (χ3v) is 3.86. The highest BCUT2D eigenvalue weighted by molar-refractivity contribution is 5.94. The Morgan fingerprint density at radius 1 is 1.04 bits per heavy atom. The maximum absolute atomic E-state index is 12.4. The van der Waals surface area contributed by atoms with Gasteiger partial charge in [0.15, 0.2) is 0 Å². The molecule has 8 nitrogen and oxygen atoms in total. The molecule has 0 aromatic carbocycles. The first-order chi connectivity index (χ1) is 12.3. The fourth-order valence-electron chi connectivity index (χ4n) is 2.47. The van der Waals surface area contributed by atoms with Crippen LogP contribution in [0, 0.1) is 20.8 Å². The molecule has 0 aliphatic rings. The summed E-state index contributed by atoms with van der Waals surface area (Å²) >= 11 is 0. The Hall–Kier alpha value is -3.03. The molecule has 138 valence electrons. The second-order valence-electron chi connectivity index (χ2n) is 6.19. The van der Waals surface area contributed by atoms with Crippen molar-refractivity contribution in [3.8, 4) is 0 Å². The van der Waals surface area contributed by atoms with Gasteiger partial charge in [0.1, 0.15) is 5.82 Å². The van der Waals surface area contributed by atoms with Gasteiger partial charge in [0, 0.05) is 49.4 Å². The van der Waals surface area contributed by atoms with E-state index >= 15 is 0 Å². The second kappa shape index (κ2) is 8.37. The molecule has 0 unspecified atom stereocenters. The molecule has 3 amide bonds. The monoisotopic (exact) mass is 356 g/mol. The van der Waals surface area contributed by atoms with Crippen molar-refractivity contribution >= 4 is 11.9 Å². The number of pyridine rings is 1. The number of hydrogen-bond donors (Lipinski definition) is 2. The molecular formula is C18H24N6O2. The summed E-state index contributed by atoms with van der Waals surface area (Å²) in [4.78, 5) is 38.3. The highest BCUT2D eigenvalue weighted by Gasteiger charge is 2.11. The van der Waals surface area contributed by atoms with Gasteiger partial charge in [-0.25, -0.2) is 14.8 Å². The number of nitrogens with zero attached hydrogens (tertiary/aromatic N) is 4.